The molecule has 0 aromatic carbocycles. The predicted octanol–water partition coefficient (Wildman–Crippen LogP) is -0.233. The number of hydrogen-bond acceptors (Lipinski definition) is 4. The Labute approximate surface area is 114 Å². The normalized spacial score (nSPS) is 16.8. The number of nitrogens with one attached hydrogen (secondary N) is 1. The average Bonchev–Trinajstić information content (AvgIpc) is 2.84. The smallest absolute Gasteiger partial charge is 0.242 e. The van der Waals surface area contributed by atoms with Gasteiger partial charge in [0.15, 0.2) is 0 Å². The van der Waals surface area contributed by atoms with Crippen LogP contribution in [-0.2, 0) is 17.9 Å². The van der Waals surface area contributed by atoms with E-state index in [1.54, 1.807) is 6.20 Å². The van der Waals surface area contributed by atoms with Gasteiger partial charge in [0.1, 0.15) is 12.4 Å². The summed E-state index contributed by atoms with van der Waals surface area (Å²) in [7, 11) is 2.09. The predicted molar refractivity (Wildman–Crippen MR) is 73.7 cm³/mol. The molecule has 6 nitrogen and oxygen atoms in total. The van der Waals surface area contributed by atoms with Crippen molar-refractivity contribution in [3.8, 4) is 0 Å². The molecule has 0 saturated carbocycles. The first-order valence-corrected chi connectivity index (χ1v) is 6.87. The molecule has 1 aromatic heterocycles. The standard InChI is InChI=1S/C13H23N5O/c1-3-14-10-12-15-4-5-18(12)11-13(19)17-8-6-16(2)7-9-17/h4-5,14H,3,6-11H2,1-2H3. The van der Waals surface area contributed by atoms with Crippen LogP contribution in [0.4, 0.5) is 0 Å². The number of imidazole rings is 1. The molecule has 0 radical (unpaired) electrons. The average molecular weight is 265 g/mol. The highest BCUT2D eigenvalue weighted by Gasteiger charge is 2.19. The number of nitrogens with zero attached hydrogens (tertiary/aromatic N) is 4. The Morgan fingerprint density at radius 2 is 2.11 bits per heavy atom. The number of carbonyl (C=O) groups excluding carboxylic acids is 1. The molecular weight excluding hydrogens is 242 g/mol. The van der Waals surface area contributed by atoms with Gasteiger partial charge in [-0.05, 0) is 13.6 Å². The third-order valence-corrected chi connectivity index (χ3v) is 3.50. The van der Waals surface area contributed by atoms with Crippen LogP contribution in [0.3, 0.4) is 0 Å². The molecule has 1 amide bonds. The Morgan fingerprint density at radius 1 is 1.37 bits per heavy atom. The molecule has 1 aliphatic heterocycles. The Balaban J connectivity index is 1.89. The quantitative estimate of drug-likeness (QED) is 0.799. The molecule has 0 spiro atoms. The van der Waals surface area contributed by atoms with Crippen molar-refractivity contribution in [1.82, 2.24) is 24.7 Å². The lowest BCUT2D eigenvalue weighted by Crippen LogP contribution is -2.48. The second-order valence-electron chi connectivity index (χ2n) is 4.94. The maximum Gasteiger partial charge on any atom is 0.242 e. The van der Waals surface area contributed by atoms with E-state index in [0.717, 1.165) is 38.5 Å². The van der Waals surface area contributed by atoms with Crippen molar-refractivity contribution in [2.75, 3.05) is 39.8 Å². The van der Waals surface area contributed by atoms with E-state index in [4.69, 9.17) is 0 Å². The van der Waals surface area contributed by atoms with Crippen LogP contribution in [0.25, 0.3) is 0 Å². The van der Waals surface area contributed by atoms with Gasteiger partial charge in [-0.15, -0.1) is 0 Å². The van der Waals surface area contributed by atoms with E-state index >= 15 is 0 Å². The van der Waals surface area contributed by atoms with E-state index in [2.05, 4.69) is 29.2 Å². The zero-order valence-corrected chi connectivity index (χ0v) is 11.8. The molecule has 0 unspecified atom stereocenters. The summed E-state index contributed by atoms with van der Waals surface area (Å²) >= 11 is 0. The zero-order chi connectivity index (χ0) is 13.7. The van der Waals surface area contributed by atoms with Crippen LogP contribution >= 0.6 is 0 Å². The number of likely N-dealkylation sites (N-methyl/N-ethyl adjacent to an activating group) is 1. The molecular formula is C13H23N5O. The third kappa shape index (κ3) is 3.78. The number of amides is 1. The molecule has 1 aromatic rings. The van der Waals surface area contributed by atoms with Gasteiger partial charge in [-0.1, -0.05) is 6.92 Å². The van der Waals surface area contributed by atoms with Crippen LogP contribution in [-0.4, -0.2) is 65.0 Å². The molecule has 0 bridgehead atoms. The van der Waals surface area contributed by atoms with Crippen LogP contribution in [0.1, 0.15) is 12.7 Å². The van der Waals surface area contributed by atoms with Crippen molar-refractivity contribution < 1.29 is 4.79 Å². The highest BCUT2D eigenvalue weighted by Crippen LogP contribution is 2.03. The first kappa shape index (κ1) is 14.0. The minimum Gasteiger partial charge on any atom is -0.339 e. The fourth-order valence-corrected chi connectivity index (χ4v) is 2.19. The highest BCUT2D eigenvalue weighted by atomic mass is 16.2. The second kappa shape index (κ2) is 6.68. The van der Waals surface area contributed by atoms with Crippen molar-refractivity contribution in [1.29, 1.82) is 0 Å². The van der Waals surface area contributed by atoms with Crippen molar-refractivity contribution in [3.63, 3.8) is 0 Å². The molecule has 106 valence electrons. The minimum absolute atomic E-state index is 0.184. The van der Waals surface area contributed by atoms with E-state index < -0.39 is 0 Å². The summed E-state index contributed by atoms with van der Waals surface area (Å²) in [5.41, 5.74) is 0. The molecule has 0 aliphatic carbocycles. The van der Waals surface area contributed by atoms with Crippen molar-refractivity contribution in [3.05, 3.63) is 18.2 Å². The minimum atomic E-state index is 0.184. The van der Waals surface area contributed by atoms with Crippen LogP contribution < -0.4 is 5.32 Å². The van der Waals surface area contributed by atoms with E-state index in [0.29, 0.717) is 13.1 Å². The SMILES string of the molecule is CCNCc1nccn1CC(=O)N1CCN(C)CC1. The van der Waals surface area contributed by atoms with Gasteiger partial charge < -0.3 is 19.7 Å². The third-order valence-electron chi connectivity index (χ3n) is 3.50. The Hall–Kier alpha value is -1.40. The topological polar surface area (TPSA) is 53.4 Å². The molecule has 1 saturated heterocycles. The summed E-state index contributed by atoms with van der Waals surface area (Å²) < 4.78 is 1.93. The maximum absolute atomic E-state index is 12.2. The Bertz CT molecular complexity index is 409. The summed E-state index contributed by atoms with van der Waals surface area (Å²) in [6.45, 7) is 7.63. The first-order valence-electron chi connectivity index (χ1n) is 6.87. The number of rotatable bonds is 5. The van der Waals surface area contributed by atoms with Gasteiger partial charge >= 0.3 is 0 Å². The Kier molecular flexibility index (Phi) is 4.93. The first-order chi connectivity index (χ1) is 9.20. The number of hydrogen-bond donors (Lipinski definition) is 1. The van der Waals surface area contributed by atoms with E-state index in [-0.39, 0.29) is 5.91 Å². The summed E-state index contributed by atoms with van der Waals surface area (Å²) in [6, 6.07) is 0. The molecule has 6 heteroatoms. The number of aromatic nitrogens is 2. The van der Waals surface area contributed by atoms with Crippen molar-refractivity contribution >= 4 is 5.91 Å². The molecule has 1 N–H and O–H groups in total. The lowest BCUT2D eigenvalue weighted by molar-refractivity contribution is -0.133. The van der Waals surface area contributed by atoms with E-state index in [1.165, 1.54) is 0 Å². The summed E-state index contributed by atoms with van der Waals surface area (Å²) in [4.78, 5) is 20.7. The van der Waals surface area contributed by atoms with Gasteiger partial charge in [-0.2, -0.15) is 0 Å². The van der Waals surface area contributed by atoms with Crippen LogP contribution in [0.15, 0.2) is 12.4 Å². The monoisotopic (exact) mass is 265 g/mol. The molecule has 1 fully saturated rings. The van der Waals surface area contributed by atoms with Gasteiger partial charge in [-0.25, -0.2) is 4.98 Å². The van der Waals surface area contributed by atoms with Crippen LogP contribution in [0, 0.1) is 0 Å². The van der Waals surface area contributed by atoms with Gasteiger partial charge in [-0.3, -0.25) is 4.79 Å². The van der Waals surface area contributed by atoms with Gasteiger partial charge in [0.05, 0.1) is 6.54 Å². The molecule has 1 aliphatic rings. The largest absolute Gasteiger partial charge is 0.339 e. The lowest BCUT2D eigenvalue weighted by Gasteiger charge is -2.32. The molecule has 0 atom stereocenters. The zero-order valence-electron chi connectivity index (χ0n) is 11.8. The van der Waals surface area contributed by atoms with Gasteiger partial charge in [0.25, 0.3) is 0 Å². The summed E-state index contributed by atoms with van der Waals surface area (Å²) in [6.07, 6.45) is 3.63. The summed E-state index contributed by atoms with van der Waals surface area (Å²) in [5.74, 6) is 1.10. The fraction of sp³-hybridized carbons (Fsp3) is 0.692. The number of piperazine rings is 1. The van der Waals surface area contributed by atoms with Crippen LogP contribution in [0.2, 0.25) is 0 Å². The number of carbonyl (C=O) groups is 1. The molecule has 19 heavy (non-hydrogen) atoms. The van der Waals surface area contributed by atoms with E-state index in [1.807, 2.05) is 15.7 Å². The van der Waals surface area contributed by atoms with Crippen LogP contribution in [0.5, 0.6) is 0 Å². The van der Waals surface area contributed by atoms with E-state index in [9.17, 15) is 4.79 Å². The summed E-state index contributed by atoms with van der Waals surface area (Å²) in [5, 5.41) is 3.23. The lowest BCUT2D eigenvalue weighted by atomic mass is 10.3. The fourth-order valence-electron chi connectivity index (χ4n) is 2.19. The highest BCUT2D eigenvalue weighted by molar-refractivity contribution is 5.76. The maximum atomic E-state index is 12.2. The molecule has 2 rings (SSSR count). The van der Waals surface area contributed by atoms with Gasteiger partial charge in [0, 0.05) is 38.6 Å². The Morgan fingerprint density at radius 3 is 2.79 bits per heavy atom. The molecule has 2 heterocycles. The second-order valence-corrected chi connectivity index (χ2v) is 4.94. The van der Waals surface area contributed by atoms with Crippen molar-refractivity contribution in [2.45, 2.75) is 20.0 Å². The van der Waals surface area contributed by atoms with Crippen molar-refractivity contribution in [2.24, 2.45) is 0 Å². The van der Waals surface area contributed by atoms with Gasteiger partial charge in [0.2, 0.25) is 5.91 Å².